The first-order valence-corrected chi connectivity index (χ1v) is 10.2. The van der Waals surface area contributed by atoms with Gasteiger partial charge < -0.3 is 14.4 Å². The van der Waals surface area contributed by atoms with Crippen LogP contribution in [0.5, 0.6) is 11.5 Å². The van der Waals surface area contributed by atoms with E-state index in [9.17, 15) is 4.79 Å². The van der Waals surface area contributed by atoms with Gasteiger partial charge in [0.05, 0.1) is 13.7 Å². The number of aromatic nitrogens is 1. The molecule has 2 aliphatic rings. The van der Waals surface area contributed by atoms with Crippen LogP contribution in [-0.4, -0.2) is 54.7 Å². The van der Waals surface area contributed by atoms with Gasteiger partial charge in [-0.15, -0.1) is 0 Å². The second-order valence-electron chi connectivity index (χ2n) is 7.65. The van der Waals surface area contributed by atoms with Crippen LogP contribution in [0.2, 0.25) is 0 Å². The summed E-state index contributed by atoms with van der Waals surface area (Å²) in [4.78, 5) is 18.6. The number of pyridine rings is 1. The highest BCUT2D eigenvalue weighted by atomic mass is 16.5. The molecule has 7 nitrogen and oxygen atoms in total. The van der Waals surface area contributed by atoms with Gasteiger partial charge in [-0.2, -0.15) is 0 Å². The van der Waals surface area contributed by atoms with Gasteiger partial charge in [0.15, 0.2) is 11.5 Å². The van der Waals surface area contributed by atoms with E-state index in [1.807, 2.05) is 29.2 Å². The molecule has 3 unspecified atom stereocenters. The first-order valence-electron chi connectivity index (χ1n) is 10.2. The molecule has 4 rings (SSSR count). The Balaban J connectivity index is 1.22. The lowest BCUT2D eigenvalue weighted by atomic mass is 9.94. The molecular weight excluding hydrogens is 368 g/mol. The van der Waals surface area contributed by atoms with Gasteiger partial charge in [-0.3, -0.25) is 20.6 Å². The number of carbonyl (C=O) groups excluding carboxylic acids is 1. The maximum Gasteiger partial charge on any atom is 0.253 e. The molecule has 3 heterocycles. The maximum absolute atomic E-state index is 12.6. The monoisotopic (exact) mass is 396 g/mol. The fourth-order valence-electron chi connectivity index (χ4n) is 4.18. The molecule has 1 aromatic heterocycles. The molecule has 3 atom stereocenters. The van der Waals surface area contributed by atoms with E-state index in [0.29, 0.717) is 30.2 Å². The Kier molecular flexibility index (Phi) is 6.27. The van der Waals surface area contributed by atoms with E-state index in [1.165, 1.54) is 0 Å². The molecule has 1 aromatic carbocycles. The van der Waals surface area contributed by atoms with Crippen LogP contribution in [0.4, 0.5) is 0 Å². The van der Waals surface area contributed by atoms with Crippen LogP contribution in [0, 0.1) is 5.92 Å². The summed E-state index contributed by atoms with van der Waals surface area (Å²) in [6.07, 6.45) is 6.31. The first kappa shape index (κ1) is 19.7. The average molecular weight is 396 g/mol. The maximum atomic E-state index is 12.6. The number of nitrogens with zero attached hydrogens (tertiary/aromatic N) is 2. The van der Waals surface area contributed by atoms with E-state index >= 15 is 0 Å². The molecule has 2 saturated heterocycles. The summed E-state index contributed by atoms with van der Waals surface area (Å²) < 4.78 is 11.2. The van der Waals surface area contributed by atoms with E-state index in [1.54, 1.807) is 31.6 Å². The second-order valence-corrected chi connectivity index (χ2v) is 7.65. The van der Waals surface area contributed by atoms with E-state index in [-0.39, 0.29) is 5.91 Å². The number of carbonyl (C=O) groups is 1. The van der Waals surface area contributed by atoms with Crippen molar-refractivity contribution in [3.05, 3.63) is 54.4 Å². The van der Waals surface area contributed by atoms with Gasteiger partial charge >= 0.3 is 0 Å². The quantitative estimate of drug-likeness (QED) is 0.748. The van der Waals surface area contributed by atoms with Gasteiger partial charge in [0.25, 0.3) is 5.91 Å². The minimum Gasteiger partial charge on any atom is -0.493 e. The van der Waals surface area contributed by atoms with Crippen molar-refractivity contribution in [3.8, 4) is 11.5 Å². The molecule has 7 heteroatoms. The van der Waals surface area contributed by atoms with Crippen molar-refractivity contribution in [2.75, 3.05) is 26.8 Å². The molecule has 2 aliphatic heterocycles. The summed E-state index contributed by atoms with van der Waals surface area (Å²) in [6.45, 7) is 2.24. The minimum atomic E-state index is 0.0996. The van der Waals surface area contributed by atoms with Gasteiger partial charge in [0, 0.05) is 43.1 Å². The summed E-state index contributed by atoms with van der Waals surface area (Å²) in [5.74, 6) is 2.10. The molecule has 0 bridgehead atoms. The largest absolute Gasteiger partial charge is 0.493 e. The Labute approximate surface area is 171 Å². The molecule has 0 radical (unpaired) electrons. The van der Waals surface area contributed by atoms with Crippen LogP contribution in [0.3, 0.4) is 0 Å². The third kappa shape index (κ3) is 4.68. The Hall–Kier alpha value is -2.64. The third-order valence-corrected chi connectivity index (χ3v) is 5.81. The van der Waals surface area contributed by atoms with Gasteiger partial charge in [-0.25, -0.2) is 0 Å². The zero-order valence-corrected chi connectivity index (χ0v) is 16.7. The number of hydrogen-bond acceptors (Lipinski definition) is 6. The van der Waals surface area contributed by atoms with Gasteiger partial charge in [0.1, 0.15) is 0 Å². The van der Waals surface area contributed by atoms with Crippen molar-refractivity contribution in [2.45, 2.75) is 31.3 Å². The van der Waals surface area contributed by atoms with Crippen molar-refractivity contribution < 1.29 is 14.3 Å². The van der Waals surface area contributed by atoms with Crippen LogP contribution in [0.15, 0.2) is 48.8 Å². The molecule has 0 aliphatic carbocycles. The molecule has 2 aromatic rings. The summed E-state index contributed by atoms with van der Waals surface area (Å²) in [6, 6.07) is 12.0. The van der Waals surface area contributed by atoms with E-state index in [0.717, 1.165) is 43.9 Å². The van der Waals surface area contributed by atoms with E-state index in [4.69, 9.17) is 9.47 Å². The third-order valence-electron chi connectivity index (χ3n) is 5.81. The number of benzene rings is 1. The number of hydrazine groups is 1. The fraction of sp³-hybridized carbons (Fsp3) is 0.455. The molecule has 2 N–H and O–H groups in total. The van der Waals surface area contributed by atoms with E-state index < -0.39 is 0 Å². The van der Waals surface area contributed by atoms with Crippen molar-refractivity contribution in [1.29, 1.82) is 0 Å². The molecule has 2 fully saturated rings. The number of hydrogen-bond donors (Lipinski definition) is 2. The second kappa shape index (κ2) is 9.24. The topological polar surface area (TPSA) is 75.7 Å². The predicted octanol–water partition coefficient (Wildman–Crippen LogP) is 2.26. The number of methoxy groups -OCH3 is 1. The highest BCUT2D eigenvalue weighted by molar-refractivity contribution is 5.94. The Bertz CT molecular complexity index is 817. The standard InChI is InChI=1S/C22H28N4O3/c1-28-20-4-2-3-5-21(20)29-13-9-18-14-19(25-24-18)17-8-12-26(15-17)22(27)16-6-10-23-11-7-16/h2-7,10-11,17-19,24-25H,8-9,12-15H2,1H3. The Morgan fingerprint density at radius 3 is 2.76 bits per heavy atom. The van der Waals surface area contributed by atoms with Crippen molar-refractivity contribution >= 4 is 5.91 Å². The number of likely N-dealkylation sites (tertiary alicyclic amines) is 1. The zero-order valence-electron chi connectivity index (χ0n) is 16.7. The van der Waals surface area contributed by atoms with Crippen LogP contribution in [0.1, 0.15) is 29.6 Å². The van der Waals surface area contributed by atoms with Crippen molar-refractivity contribution in [3.63, 3.8) is 0 Å². The van der Waals surface area contributed by atoms with Crippen molar-refractivity contribution in [2.24, 2.45) is 5.92 Å². The number of para-hydroxylation sites is 2. The SMILES string of the molecule is COc1ccccc1OCCC1CC(C2CCN(C(=O)c3ccncc3)C2)NN1. The number of ether oxygens (including phenoxy) is 2. The molecule has 29 heavy (non-hydrogen) atoms. The number of nitrogens with one attached hydrogen (secondary N) is 2. The molecule has 0 saturated carbocycles. The molecular formula is C22H28N4O3. The summed E-state index contributed by atoms with van der Waals surface area (Å²) >= 11 is 0. The Morgan fingerprint density at radius 2 is 1.97 bits per heavy atom. The van der Waals surface area contributed by atoms with Crippen LogP contribution < -0.4 is 20.3 Å². The lowest BCUT2D eigenvalue weighted by molar-refractivity contribution is 0.0784. The van der Waals surface area contributed by atoms with Gasteiger partial charge in [0.2, 0.25) is 0 Å². The first-order chi connectivity index (χ1) is 14.2. The average Bonchev–Trinajstić information content (AvgIpc) is 3.44. The van der Waals surface area contributed by atoms with Gasteiger partial charge in [-0.1, -0.05) is 12.1 Å². The normalized spacial score (nSPS) is 23.9. The highest BCUT2D eigenvalue weighted by Gasteiger charge is 2.36. The molecule has 0 spiro atoms. The summed E-state index contributed by atoms with van der Waals surface area (Å²) in [5.41, 5.74) is 7.55. The minimum absolute atomic E-state index is 0.0996. The highest BCUT2D eigenvalue weighted by Crippen LogP contribution is 2.28. The van der Waals surface area contributed by atoms with Crippen molar-refractivity contribution in [1.82, 2.24) is 20.7 Å². The molecule has 154 valence electrons. The fourth-order valence-corrected chi connectivity index (χ4v) is 4.18. The predicted molar refractivity (Wildman–Crippen MR) is 110 cm³/mol. The molecule has 1 amide bonds. The Morgan fingerprint density at radius 1 is 1.17 bits per heavy atom. The summed E-state index contributed by atoms with van der Waals surface area (Å²) in [7, 11) is 1.65. The van der Waals surface area contributed by atoms with Crippen LogP contribution in [0.25, 0.3) is 0 Å². The lowest BCUT2D eigenvalue weighted by Crippen LogP contribution is -2.39. The summed E-state index contributed by atoms with van der Waals surface area (Å²) in [5, 5.41) is 0. The lowest BCUT2D eigenvalue weighted by Gasteiger charge is -2.20. The van der Waals surface area contributed by atoms with Crippen LogP contribution in [-0.2, 0) is 0 Å². The van der Waals surface area contributed by atoms with Gasteiger partial charge in [-0.05, 0) is 49.4 Å². The van der Waals surface area contributed by atoms with Crippen LogP contribution >= 0.6 is 0 Å². The smallest absolute Gasteiger partial charge is 0.253 e. The number of amides is 1. The number of rotatable bonds is 7. The zero-order chi connectivity index (χ0) is 20.1. The van der Waals surface area contributed by atoms with E-state index in [2.05, 4.69) is 15.8 Å².